The van der Waals surface area contributed by atoms with Crippen molar-refractivity contribution in [2.24, 2.45) is 7.05 Å². The Hall–Kier alpha value is -2.60. The van der Waals surface area contributed by atoms with E-state index in [4.69, 9.17) is 4.98 Å². The second-order valence-electron chi connectivity index (χ2n) is 6.64. The van der Waals surface area contributed by atoms with Gasteiger partial charge in [-0.1, -0.05) is 0 Å². The molecule has 128 valence electrons. The van der Waals surface area contributed by atoms with Gasteiger partial charge in [-0.25, -0.2) is 9.97 Å². The van der Waals surface area contributed by atoms with E-state index in [0.717, 1.165) is 48.8 Å². The molecular weight excluding hydrogens is 312 g/mol. The highest BCUT2D eigenvalue weighted by Crippen LogP contribution is 2.23. The van der Waals surface area contributed by atoms with Gasteiger partial charge in [-0.2, -0.15) is 5.10 Å². The first kappa shape index (κ1) is 15.9. The van der Waals surface area contributed by atoms with Crippen molar-refractivity contribution in [2.75, 3.05) is 6.54 Å². The number of hydrogen-bond donors (Lipinski definition) is 0. The summed E-state index contributed by atoms with van der Waals surface area (Å²) >= 11 is 0. The van der Waals surface area contributed by atoms with Gasteiger partial charge >= 0.3 is 0 Å². The molecule has 0 N–H and O–H groups in total. The summed E-state index contributed by atoms with van der Waals surface area (Å²) in [5.41, 5.74) is 7.04. The fourth-order valence-electron chi connectivity index (χ4n) is 3.41. The lowest BCUT2D eigenvalue weighted by molar-refractivity contribution is 0.242. The number of hydrogen-bond acceptors (Lipinski definition) is 5. The third-order valence-electron chi connectivity index (χ3n) is 4.97. The van der Waals surface area contributed by atoms with Crippen LogP contribution in [0.2, 0.25) is 0 Å². The molecule has 0 spiro atoms. The minimum atomic E-state index is 0.763. The van der Waals surface area contributed by atoms with Gasteiger partial charge in [0.1, 0.15) is 0 Å². The molecule has 0 saturated heterocycles. The van der Waals surface area contributed by atoms with E-state index in [1.807, 2.05) is 36.3 Å². The summed E-state index contributed by atoms with van der Waals surface area (Å²) in [6.07, 6.45) is 6.50. The van der Waals surface area contributed by atoms with Crippen LogP contribution in [0.15, 0.2) is 30.7 Å². The van der Waals surface area contributed by atoms with E-state index < -0.39 is 0 Å². The van der Waals surface area contributed by atoms with Crippen molar-refractivity contribution in [3.05, 3.63) is 58.9 Å². The molecule has 0 bridgehead atoms. The average molecular weight is 334 g/mol. The van der Waals surface area contributed by atoms with Gasteiger partial charge in [0.15, 0.2) is 5.82 Å². The second kappa shape index (κ2) is 6.37. The van der Waals surface area contributed by atoms with E-state index in [-0.39, 0.29) is 0 Å². The quantitative estimate of drug-likeness (QED) is 0.736. The van der Waals surface area contributed by atoms with E-state index in [0.29, 0.717) is 0 Å². The zero-order valence-electron chi connectivity index (χ0n) is 14.9. The zero-order chi connectivity index (χ0) is 17.4. The molecule has 0 saturated carbocycles. The van der Waals surface area contributed by atoms with Crippen molar-refractivity contribution < 1.29 is 0 Å². The fraction of sp³-hybridized carbons (Fsp3) is 0.368. The van der Waals surface area contributed by atoms with Gasteiger partial charge < -0.3 is 0 Å². The highest BCUT2D eigenvalue weighted by Gasteiger charge is 2.21. The van der Waals surface area contributed by atoms with Gasteiger partial charge in [-0.05, 0) is 26.0 Å². The molecule has 25 heavy (non-hydrogen) atoms. The molecule has 0 atom stereocenters. The Bertz CT molecular complexity index is 900. The smallest absolute Gasteiger partial charge is 0.160 e. The van der Waals surface area contributed by atoms with Crippen molar-refractivity contribution in [3.63, 3.8) is 0 Å². The highest BCUT2D eigenvalue weighted by atomic mass is 15.3. The molecule has 6 nitrogen and oxygen atoms in total. The first-order valence-corrected chi connectivity index (χ1v) is 8.58. The lowest BCUT2D eigenvalue weighted by Crippen LogP contribution is -2.31. The number of pyridine rings is 1. The van der Waals surface area contributed by atoms with Gasteiger partial charge in [0, 0.05) is 74.1 Å². The lowest BCUT2D eigenvalue weighted by Gasteiger charge is -2.28. The second-order valence-corrected chi connectivity index (χ2v) is 6.64. The van der Waals surface area contributed by atoms with Crippen LogP contribution in [-0.2, 0) is 26.6 Å². The van der Waals surface area contributed by atoms with E-state index in [2.05, 4.69) is 33.8 Å². The molecule has 0 amide bonds. The summed E-state index contributed by atoms with van der Waals surface area (Å²) < 4.78 is 1.96. The van der Waals surface area contributed by atoms with Crippen LogP contribution >= 0.6 is 0 Å². The largest absolute Gasteiger partial charge is 0.294 e. The molecule has 0 aliphatic carbocycles. The molecule has 0 fully saturated rings. The molecule has 4 heterocycles. The van der Waals surface area contributed by atoms with Crippen molar-refractivity contribution in [1.29, 1.82) is 0 Å². The van der Waals surface area contributed by atoms with Crippen LogP contribution in [0.25, 0.3) is 11.4 Å². The summed E-state index contributed by atoms with van der Waals surface area (Å²) in [7, 11) is 2.01. The topological polar surface area (TPSA) is 59.7 Å². The van der Waals surface area contributed by atoms with Crippen molar-refractivity contribution in [2.45, 2.75) is 33.4 Å². The van der Waals surface area contributed by atoms with Gasteiger partial charge in [-0.3, -0.25) is 14.6 Å². The Morgan fingerprint density at radius 3 is 2.80 bits per heavy atom. The van der Waals surface area contributed by atoms with Crippen LogP contribution < -0.4 is 0 Å². The summed E-state index contributed by atoms with van der Waals surface area (Å²) in [5, 5.41) is 4.52. The molecule has 1 aliphatic heterocycles. The first-order chi connectivity index (χ1) is 12.1. The number of aromatic nitrogens is 5. The number of rotatable bonds is 3. The van der Waals surface area contributed by atoms with Crippen LogP contribution in [0.3, 0.4) is 0 Å². The third kappa shape index (κ3) is 3.05. The van der Waals surface area contributed by atoms with Crippen molar-refractivity contribution in [3.8, 4) is 11.4 Å². The Morgan fingerprint density at radius 1 is 1.20 bits per heavy atom. The van der Waals surface area contributed by atoms with Crippen LogP contribution in [0.1, 0.15) is 28.2 Å². The van der Waals surface area contributed by atoms with Crippen LogP contribution in [0.4, 0.5) is 0 Å². The van der Waals surface area contributed by atoms with Gasteiger partial charge in [0.2, 0.25) is 0 Å². The highest BCUT2D eigenvalue weighted by molar-refractivity contribution is 5.53. The van der Waals surface area contributed by atoms with Gasteiger partial charge in [0.25, 0.3) is 0 Å². The fourth-order valence-corrected chi connectivity index (χ4v) is 3.41. The maximum atomic E-state index is 4.77. The minimum absolute atomic E-state index is 0.763. The lowest BCUT2D eigenvalue weighted by atomic mass is 10.1. The summed E-state index contributed by atoms with van der Waals surface area (Å²) in [6, 6.07) is 3.91. The SMILES string of the molecule is Cc1nn(C)c(C)c1CN1CCc2nc(-c3cccnc3)ncc2C1. The molecule has 0 unspecified atom stereocenters. The standard InChI is InChI=1S/C19H22N6/c1-13-17(14(2)24(3)23-13)12-25-8-6-18-16(11-25)10-21-19(22-18)15-5-4-7-20-9-15/h4-5,7,9-10H,6,8,11-12H2,1-3H3. The molecule has 6 heteroatoms. The predicted octanol–water partition coefficient (Wildman–Crippen LogP) is 2.45. The van der Waals surface area contributed by atoms with E-state index >= 15 is 0 Å². The van der Waals surface area contributed by atoms with Gasteiger partial charge in [-0.15, -0.1) is 0 Å². The van der Waals surface area contributed by atoms with Crippen molar-refractivity contribution >= 4 is 0 Å². The zero-order valence-corrected chi connectivity index (χ0v) is 14.9. The monoisotopic (exact) mass is 334 g/mol. The van der Waals surface area contributed by atoms with Gasteiger partial charge in [0.05, 0.1) is 11.4 Å². The number of nitrogens with zero attached hydrogens (tertiary/aromatic N) is 6. The average Bonchev–Trinajstić information content (AvgIpc) is 2.88. The Kier molecular flexibility index (Phi) is 4.05. The molecule has 4 rings (SSSR count). The normalized spacial score (nSPS) is 14.5. The first-order valence-electron chi connectivity index (χ1n) is 8.58. The minimum Gasteiger partial charge on any atom is -0.294 e. The summed E-state index contributed by atoms with van der Waals surface area (Å²) in [5.74, 6) is 0.763. The Labute approximate surface area is 147 Å². The summed E-state index contributed by atoms with van der Waals surface area (Å²) in [6.45, 7) is 7.04. The third-order valence-corrected chi connectivity index (χ3v) is 4.97. The molecule has 3 aromatic rings. The number of fused-ring (bicyclic) bond motifs is 1. The summed E-state index contributed by atoms with van der Waals surface area (Å²) in [4.78, 5) is 15.9. The van der Waals surface area contributed by atoms with Crippen LogP contribution in [0.5, 0.6) is 0 Å². The molecule has 1 aliphatic rings. The molecular formula is C19H22N6. The maximum absolute atomic E-state index is 4.77. The Balaban J connectivity index is 1.54. The van der Waals surface area contributed by atoms with E-state index in [1.165, 1.54) is 16.8 Å². The van der Waals surface area contributed by atoms with Crippen LogP contribution in [0, 0.1) is 13.8 Å². The molecule has 0 radical (unpaired) electrons. The van der Waals surface area contributed by atoms with E-state index in [1.54, 1.807) is 6.20 Å². The Morgan fingerprint density at radius 2 is 2.08 bits per heavy atom. The predicted molar refractivity (Wildman–Crippen MR) is 95.8 cm³/mol. The molecule has 0 aromatic carbocycles. The molecule has 3 aromatic heterocycles. The maximum Gasteiger partial charge on any atom is 0.160 e. The number of aryl methyl sites for hydroxylation is 2. The van der Waals surface area contributed by atoms with Crippen LogP contribution in [-0.4, -0.2) is 36.2 Å². The van der Waals surface area contributed by atoms with Crippen molar-refractivity contribution in [1.82, 2.24) is 29.6 Å². The van der Waals surface area contributed by atoms with E-state index in [9.17, 15) is 0 Å².